The van der Waals surface area contributed by atoms with Gasteiger partial charge < -0.3 is 19.8 Å². The first-order chi connectivity index (χ1) is 17.6. The average Bonchev–Trinajstić information content (AvgIpc) is 2.81. The number of carboxylic acid groups (broad SMARTS) is 1. The smallest absolute Gasteiger partial charge is 0.411 e. The number of benzene rings is 1. The minimum Gasteiger partial charge on any atom is -0.480 e. The molecule has 1 fully saturated rings. The molecule has 0 aliphatic carbocycles. The summed E-state index contributed by atoms with van der Waals surface area (Å²) in [5.74, 6) is -3.09. The molecule has 0 bridgehead atoms. The fraction of sp³-hybridized carbons (Fsp3) is 0.536. The number of aliphatic hydroxyl groups excluding tert-OH is 1. The summed E-state index contributed by atoms with van der Waals surface area (Å²) in [5.41, 5.74) is 0.964. The number of rotatable bonds is 4. The number of β-amino-alcohol motifs (C(OH)–C–C–N with tert-alkyl or cyclic N) is 1. The third-order valence-electron chi connectivity index (χ3n) is 7.15. The highest BCUT2D eigenvalue weighted by molar-refractivity contribution is 6.09. The van der Waals surface area contributed by atoms with Gasteiger partial charge in [0.15, 0.2) is 5.41 Å². The lowest BCUT2D eigenvalue weighted by atomic mass is 9.68. The van der Waals surface area contributed by atoms with Gasteiger partial charge in [0.25, 0.3) is 0 Å². The van der Waals surface area contributed by atoms with Crippen molar-refractivity contribution in [2.75, 3.05) is 19.6 Å². The van der Waals surface area contributed by atoms with Crippen LogP contribution in [0.1, 0.15) is 62.8 Å². The number of amides is 2. The van der Waals surface area contributed by atoms with Crippen LogP contribution in [0.5, 0.6) is 0 Å². The molecule has 0 aromatic heterocycles. The number of ether oxygens (including phenoxy) is 1. The average molecular weight is 526 g/mol. The van der Waals surface area contributed by atoms with Gasteiger partial charge in [0.1, 0.15) is 17.4 Å². The van der Waals surface area contributed by atoms with E-state index in [4.69, 9.17) is 4.74 Å². The molecule has 2 heterocycles. The molecule has 1 aromatic rings. The largest absolute Gasteiger partial charge is 0.480 e. The lowest BCUT2D eigenvalue weighted by molar-refractivity contribution is -0.174. The Labute approximate surface area is 222 Å². The van der Waals surface area contributed by atoms with Crippen LogP contribution in [0.2, 0.25) is 0 Å². The molecule has 0 spiro atoms. The Morgan fingerprint density at radius 3 is 2.21 bits per heavy atom. The summed E-state index contributed by atoms with van der Waals surface area (Å²) in [4.78, 5) is 54.7. The summed E-state index contributed by atoms with van der Waals surface area (Å²) in [7, 11) is 0. The van der Waals surface area contributed by atoms with E-state index in [2.05, 4.69) is 6.07 Å². The van der Waals surface area contributed by atoms with Crippen molar-refractivity contribution >= 4 is 29.3 Å². The van der Waals surface area contributed by atoms with Crippen LogP contribution in [0, 0.1) is 30.6 Å². The summed E-state index contributed by atoms with van der Waals surface area (Å²) in [6.07, 6.45) is -0.488. The Bertz CT molecular complexity index is 1200. The van der Waals surface area contributed by atoms with Crippen molar-refractivity contribution in [1.82, 2.24) is 9.80 Å². The van der Waals surface area contributed by atoms with Gasteiger partial charge in [-0.2, -0.15) is 5.26 Å². The van der Waals surface area contributed by atoms with Gasteiger partial charge in [0.2, 0.25) is 5.91 Å². The van der Waals surface area contributed by atoms with Crippen LogP contribution in [-0.2, 0) is 19.1 Å². The van der Waals surface area contributed by atoms with Crippen LogP contribution in [0.4, 0.5) is 4.79 Å². The molecule has 3 atom stereocenters. The van der Waals surface area contributed by atoms with Gasteiger partial charge in [-0.25, -0.2) is 4.79 Å². The third kappa shape index (κ3) is 5.43. The summed E-state index contributed by atoms with van der Waals surface area (Å²) >= 11 is 0. The van der Waals surface area contributed by atoms with Crippen LogP contribution in [0.25, 0.3) is 5.57 Å². The number of ketones is 1. The second kappa shape index (κ2) is 10.6. The molecule has 1 aromatic carbocycles. The Morgan fingerprint density at radius 1 is 1.16 bits per heavy atom. The Morgan fingerprint density at radius 2 is 1.76 bits per heavy atom. The zero-order chi connectivity index (χ0) is 28.6. The Kier molecular flexibility index (Phi) is 8.03. The zero-order valence-corrected chi connectivity index (χ0v) is 22.7. The van der Waals surface area contributed by atoms with Crippen LogP contribution < -0.4 is 0 Å². The van der Waals surface area contributed by atoms with E-state index in [1.807, 2.05) is 32.1 Å². The number of nitriles is 1. The number of hydrogen-bond donors (Lipinski definition) is 2. The first-order valence-corrected chi connectivity index (χ1v) is 12.5. The maximum absolute atomic E-state index is 13.9. The Hall–Kier alpha value is -3.71. The summed E-state index contributed by atoms with van der Waals surface area (Å²) < 4.78 is 5.43. The third-order valence-corrected chi connectivity index (χ3v) is 7.15. The fourth-order valence-electron chi connectivity index (χ4n) is 5.31. The molecule has 1 saturated heterocycles. The number of carboxylic acids is 1. The first-order valence-electron chi connectivity index (χ1n) is 12.5. The van der Waals surface area contributed by atoms with E-state index in [0.717, 1.165) is 34.1 Å². The van der Waals surface area contributed by atoms with E-state index < -0.39 is 53.3 Å². The molecule has 0 unspecified atom stereocenters. The second-order valence-corrected chi connectivity index (χ2v) is 11.1. The molecule has 2 amide bonds. The lowest BCUT2D eigenvalue weighted by Gasteiger charge is -2.48. The number of carbonyl (C=O) groups is 4. The van der Waals surface area contributed by atoms with Gasteiger partial charge in [-0.05, 0) is 70.2 Å². The molecule has 3 rings (SSSR count). The van der Waals surface area contributed by atoms with Crippen molar-refractivity contribution in [3.8, 4) is 6.07 Å². The number of carbonyl (C=O) groups excluding carboxylic acids is 3. The van der Waals surface area contributed by atoms with Gasteiger partial charge in [0.05, 0.1) is 24.3 Å². The molecule has 2 N–H and O–H groups in total. The molecule has 10 heteroatoms. The van der Waals surface area contributed by atoms with E-state index in [9.17, 15) is 34.7 Å². The fourth-order valence-corrected chi connectivity index (χ4v) is 5.31. The molecule has 38 heavy (non-hydrogen) atoms. The second-order valence-electron chi connectivity index (χ2n) is 11.1. The highest BCUT2D eigenvalue weighted by Gasteiger charge is 2.62. The first kappa shape index (κ1) is 28.9. The van der Waals surface area contributed by atoms with Gasteiger partial charge >= 0.3 is 12.1 Å². The van der Waals surface area contributed by atoms with Crippen molar-refractivity contribution in [2.24, 2.45) is 5.41 Å². The zero-order valence-electron chi connectivity index (χ0n) is 22.7. The molecule has 0 radical (unpaired) electrons. The molecular weight excluding hydrogens is 490 g/mol. The van der Waals surface area contributed by atoms with E-state index >= 15 is 0 Å². The van der Waals surface area contributed by atoms with Crippen LogP contribution in [0.15, 0.2) is 18.2 Å². The van der Waals surface area contributed by atoms with Gasteiger partial charge in [0, 0.05) is 19.5 Å². The maximum Gasteiger partial charge on any atom is 0.411 e. The number of likely N-dealkylation sites (tertiary alicyclic amines) is 1. The highest BCUT2D eigenvalue weighted by atomic mass is 16.6. The van der Waals surface area contributed by atoms with Crippen LogP contribution in [-0.4, -0.2) is 81.1 Å². The minimum atomic E-state index is -2.32. The molecule has 0 saturated carbocycles. The number of aryl methyl sites for hydroxylation is 2. The minimum absolute atomic E-state index is 0.140. The van der Waals surface area contributed by atoms with Crippen LogP contribution in [0.3, 0.4) is 0 Å². The van der Waals surface area contributed by atoms with Gasteiger partial charge in [-0.15, -0.1) is 0 Å². The predicted octanol–water partition coefficient (Wildman–Crippen LogP) is 2.82. The topological polar surface area (TPSA) is 148 Å². The van der Waals surface area contributed by atoms with Crippen molar-refractivity contribution in [3.05, 3.63) is 40.5 Å². The van der Waals surface area contributed by atoms with Crippen molar-refractivity contribution < 1.29 is 34.1 Å². The lowest BCUT2D eigenvalue weighted by Crippen LogP contribution is -2.69. The molecule has 2 aliphatic rings. The number of piperidine rings is 1. The normalized spacial score (nSPS) is 23.8. The number of nitrogens with zero attached hydrogens (tertiary/aromatic N) is 3. The van der Waals surface area contributed by atoms with Gasteiger partial charge in [-0.1, -0.05) is 18.2 Å². The SMILES string of the molecule is CC(=O)[C@]1(C(=O)O)C[C@@H](O)CN(C(=O)OC(C)(C)C)[C@@H]1C(=O)N1CC=C(c2cc(C)c(C#N)c(C)c2)CC1. The predicted molar refractivity (Wildman–Crippen MR) is 138 cm³/mol. The Balaban J connectivity index is 1.99. The van der Waals surface area contributed by atoms with E-state index in [1.54, 1.807) is 20.8 Å². The summed E-state index contributed by atoms with van der Waals surface area (Å²) in [6.45, 7) is 9.70. The number of aliphatic carboxylic acids is 1. The van der Waals surface area contributed by atoms with Crippen molar-refractivity contribution in [3.63, 3.8) is 0 Å². The summed E-state index contributed by atoms with van der Waals surface area (Å²) in [6, 6.07) is 4.37. The van der Waals surface area contributed by atoms with E-state index in [0.29, 0.717) is 12.0 Å². The molecule has 2 aliphatic heterocycles. The maximum atomic E-state index is 13.9. The highest BCUT2D eigenvalue weighted by Crippen LogP contribution is 2.40. The molecular formula is C28H35N3O7. The van der Waals surface area contributed by atoms with E-state index in [-0.39, 0.29) is 19.6 Å². The van der Waals surface area contributed by atoms with Gasteiger partial charge in [-0.3, -0.25) is 19.3 Å². The summed E-state index contributed by atoms with van der Waals surface area (Å²) in [5, 5.41) is 30.0. The number of aliphatic hydroxyl groups is 1. The van der Waals surface area contributed by atoms with Crippen LogP contribution >= 0.6 is 0 Å². The van der Waals surface area contributed by atoms with E-state index in [1.165, 1.54) is 4.90 Å². The van der Waals surface area contributed by atoms with Crippen molar-refractivity contribution in [1.29, 1.82) is 5.26 Å². The quantitative estimate of drug-likeness (QED) is 0.570. The monoisotopic (exact) mass is 525 g/mol. The number of hydrogen-bond acceptors (Lipinski definition) is 7. The molecule has 204 valence electrons. The molecule has 10 nitrogen and oxygen atoms in total. The van der Waals surface area contributed by atoms with Crippen molar-refractivity contribution in [2.45, 2.75) is 72.1 Å². The number of Topliss-reactive ketones (excluding diaryl/α,β-unsaturated/α-hetero) is 1. The standard InChI is InChI=1S/C28H35N3O7/c1-16-11-20(12-17(2)22(16)14-29)19-7-9-30(10-8-19)24(34)23-28(18(3)32,25(35)36)13-21(33)15-31(23)26(37)38-27(4,5)6/h7,11-12,21,23,33H,8-10,13,15H2,1-6H3,(H,35,36)/t21-,23-,28-/m1/s1.